The van der Waals surface area contributed by atoms with Gasteiger partial charge in [0.2, 0.25) is 0 Å². The summed E-state index contributed by atoms with van der Waals surface area (Å²) in [4.78, 5) is 23.0. The van der Waals surface area contributed by atoms with E-state index in [0.29, 0.717) is 0 Å². The largest absolute Gasteiger partial charge is 0.455 e. The van der Waals surface area contributed by atoms with Gasteiger partial charge in [-0.3, -0.25) is 19.9 Å². The zero-order chi connectivity index (χ0) is 70.9. The van der Waals surface area contributed by atoms with Crippen LogP contribution in [-0.2, 0) is 0 Å². The van der Waals surface area contributed by atoms with Gasteiger partial charge in [-0.05, 0) is 187 Å². The molecule has 0 radical (unpaired) electrons. The third-order valence-electron chi connectivity index (χ3n) is 21.6. The number of para-hydroxylation sites is 4. The smallest absolute Gasteiger partial charge is 0.161 e. The highest BCUT2D eigenvalue weighted by atomic mass is 16.3. The van der Waals surface area contributed by atoms with Crippen LogP contribution >= 0.6 is 0 Å². The van der Waals surface area contributed by atoms with Crippen molar-refractivity contribution in [2.45, 2.75) is 0 Å². The maximum absolute atomic E-state index is 6.70. The van der Waals surface area contributed by atoms with Gasteiger partial charge in [0.05, 0.1) is 18.1 Å². The summed E-state index contributed by atoms with van der Waals surface area (Å²) in [6, 6.07) is 111. The fraction of sp³-hybridized carbons (Fsp3) is 0. The first kappa shape index (κ1) is 60.8. The Morgan fingerprint density at radius 2 is 0.676 bits per heavy atom. The molecule has 0 fully saturated rings. The SMILES string of the molecule is c1ccc2c(c1)ccc1cc(N(c3ccc(-c4cccc5c4oc4cnccc45)cc3)c3ccc(-c4ccnc5c4oc4ccccc45)cc3-c3ccc(-c4ccc5cc(N(c6ccc(-c7cccc8c7oc7cnccc78)cc6)c6ccc(-c7cncc8c7oc7ccccc78)cc6)ccc5c4)cc3)ccc12. The molecule has 0 aliphatic rings. The van der Waals surface area contributed by atoms with Crippen molar-refractivity contribution in [2.75, 3.05) is 9.80 Å². The minimum atomic E-state index is 0.746. The van der Waals surface area contributed by atoms with E-state index in [1.807, 2.05) is 79.5 Å². The van der Waals surface area contributed by atoms with E-state index >= 15 is 0 Å². The first-order chi connectivity index (χ1) is 53.5. The molecule has 0 aliphatic heterocycles. The Morgan fingerprint density at radius 1 is 0.213 bits per heavy atom. The second-order valence-electron chi connectivity index (χ2n) is 27.7. The number of pyridine rings is 4. The van der Waals surface area contributed by atoms with Crippen molar-refractivity contribution >= 4 is 154 Å². The summed E-state index contributed by atoms with van der Waals surface area (Å²) in [5, 5.41) is 14.2. The van der Waals surface area contributed by atoms with Gasteiger partial charge in [0.1, 0.15) is 33.4 Å². The van der Waals surface area contributed by atoms with E-state index in [1.54, 1.807) is 12.4 Å². The lowest BCUT2D eigenvalue weighted by Gasteiger charge is -2.29. The summed E-state index contributed by atoms with van der Waals surface area (Å²) in [6.45, 7) is 0. The van der Waals surface area contributed by atoms with Crippen LogP contribution in [0.25, 0.3) is 187 Å². The van der Waals surface area contributed by atoms with Crippen molar-refractivity contribution in [3.8, 4) is 66.8 Å². The minimum absolute atomic E-state index is 0.746. The molecule has 22 rings (SSSR count). The molecule has 0 N–H and O–H groups in total. The van der Waals surface area contributed by atoms with Crippen LogP contribution in [0.4, 0.5) is 34.1 Å². The van der Waals surface area contributed by atoms with E-state index in [0.717, 1.165) is 205 Å². The third-order valence-corrected chi connectivity index (χ3v) is 21.6. The van der Waals surface area contributed by atoms with Gasteiger partial charge in [0, 0.05) is 125 Å². The number of benzene rings is 14. The molecule has 504 valence electrons. The van der Waals surface area contributed by atoms with Crippen molar-refractivity contribution in [2.24, 2.45) is 0 Å². The van der Waals surface area contributed by atoms with Gasteiger partial charge < -0.3 is 27.5 Å². The first-order valence-electron chi connectivity index (χ1n) is 36.1. The van der Waals surface area contributed by atoms with Crippen LogP contribution < -0.4 is 9.80 Å². The predicted octanol–water partition coefficient (Wildman–Crippen LogP) is 27.3. The lowest BCUT2D eigenvalue weighted by molar-refractivity contribution is 0.667. The summed E-state index contributed by atoms with van der Waals surface area (Å²) < 4.78 is 26.2. The maximum atomic E-state index is 6.70. The summed E-state index contributed by atoms with van der Waals surface area (Å²) >= 11 is 0. The molecule has 10 heteroatoms. The Balaban J connectivity index is 0.649. The molecule has 10 nitrogen and oxygen atoms in total. The maximum Gasteiger partial charge on any atom is 0.161 e. The first-order valence-corrected chi connectivity index (χ1v) is 36.1. The van der Waals surface area contributed by atoms with E-state index in [1.165, 1.54) is 16.2 Å². The van der Waals surface area contributed by atoms with Crippen molar-refractivity contribution < 1.29 is 17.7 Å². The number of fused-ring (bicyclic) bond motifs is 16. The number of hydrogen-bond acceptors (Lipinski definition) is 10. The van der Waals surface area contributed by atoms with Gasteiger partial charge in [0.15, 0.2) is 16.7 Å². The molecule has 14 aromatic carbocycles. The molecule has 0 spiro atoms. The van der Waals surface area contributed by atoms with Crippen LogP contribution in [0.15, 0.2) is 370 Å². The quantitative estimate of drug-likeness (QED) is 0.110. The number of aromatic nitrogens is 4. The van der Waals surface area contributed by atoms with Crippen molar-refractivity contribution in [1.82, 2.24) is 19.9 Å². The topological polar surface area (TPSA) is 111 Å². The zero-order valence-corrected chi connectivity index (χ0v) is 57.8. The molecular formula is C98H58N6O4. The highest BCUT2D eigenvalue weighted by molar-refractivity contribution is 6.14. The lowest BCUT2D eigenvalue weighted by atomic mass is 9.94. The monoisotopic (exact) mass is 1380 g/mol. The van der Waals surface area contributed by atoms with Crippen LogP contribution in [0.5, 0.6) is 0 Å². The number of furan rings is 4. The minimum Gasteiger partial charge on any atom is -0.455 e. The number of anilines is 6. The van der Waals surface area contributed by atoms with Gasteiger partial charge in [-0.2, -0.15) is 0 Å². The highest BCUT2D eigenvalue weighted by Gasteiger charge is 2.24. The molecule has 0 aliphatic carbocycles. The van der Waals surface area contributed by atoms with Gasteiger partial charge in [0.25, 0.3) is 0 Å². The zero-order valence-electron chi connectivity index (χ0n) is 57.8. The summed E-state index contributed by atoms with van der Waals surface area (Å²) in [6.07, 6.45) is 12.9. The number of hydrogen-bond donors (Lipinski definition) is 0. The average molecular weight is 1380 g/mol. The van der Waals surface area contributed by atoms with Crippen LogP contribution in [0.1, 0.15) is 0 Å². The second-order valence-corrected chi connectivity index (χ2v) is 27.7. The lowest BCUT2D eigenvalue weighted by Crippen LogP contribution is -2.11. The van der Waals surface area contributed by atoms with Crippen molar-refractivity contribution in [3.05, 3.63) is 353 Å². The van der Waals surface area contributed by atoms with E-state index in [2.05, 4.69) is 281 Å². The van der Waals surface area contributed by atoms with Crippen LogP contribution in [-0.4, -0.2) is 19.9 Å². The fourth-order valence-electron chi connectivity index (χ4n) is 16.3. The Labute approximate surface area is 617 Å². The fourth-order valence-corrected chi connectivity index (χ4v) is 16.3. The van der Waals surface area contributed by atoms with Crippen LogP contribution in [0.2, 0.25) is 0 Å². The highest BCUT2D eigenvalue weighted by Crippen LogP contribution is 2.49. The predicted molar refractivity (Wildman–Crippen MR) is 441 cm³/mol. The number of rotatable bonds is 12. The molecule has 0 atom stereocenters. The van der Waals surface area contributed by atoms with Gasteiger partial charge in [-0.15, -0.1) is 0 Å². The van der Waals surface area contributed by atoms with Gasteiger partial charge in [-0.1, -0.05) is 194 Å². The van der Waals surface area contributed by atoms with Crippen LogP contribution in [0, 0.1) is 0 Å². The third kappa shape index (κ3) is 9.96. The molecule has 108 heavy (non-hydrogen) atoms. The molecule has 0 saturated carbocycles. The molecule has 0 amide bonds. The summed E-state index contributed by atoms with van der Waals surface area (Å²) in [5.74, 6) is 0. The number of nitrogens with zero attached hydrogens (tertiary/aromatic N) is 6. The Bertz CT molecular complexity index is 7220. The van der Waals surface area contributed by atoms with Crippen LogP contribution in [0.3, 0.4) is 0 Å². The van der Waals surface area contributed by atoms with E-state index < -0.39 is 0 Å². The van der Waals surface area contributed by atoms with E-state index in [9.17, 15) is 0 Å². The Hall–Kier alpha value is -14.7. The van der Waals surface area contributed by atoms with E-state index in [4.69, 9.17) is 27.6 Å². The van der Waals surface area contributed by atoms with E-state index in [-0.39, 0.29) is 0 Å². The molecule has 22 aromatic rings. The normalized spacial score (nSPS) is 11.9. The molecular weight excluding hydrogens is 1330 g/mol. The molecule has 8 heterocycles. The Kier molecular flexibility index (Phi) is 13.8. The average Bonchev–Trinajstić information content (AvgIpc) is 1.53. The Morgan fingerprint density at radius 3 is 1.39 bits per heavy atom. The van der Waals surface area contributed by atoms with Crippen molar-refractivity contribution in [3.63, 3.8) is 0 Å². The molecule has 8 aromatic heterocycles. The molecule has 0 saturated heterocycles. The summed E-state index contributed by atoms with van der Waals surface area (Å²) in [5.41, 5.74) is 25.6. The van der Waals surface area contributed by atoms with Gasteiger partial charge >= 0.3 is 0 Å². The van der Waals surface area contributed by atoms with Gasteiger partial charge in [-0.25, -0.2) is 0 Å². The second kappa shape index (κ2) is 24.5. The summed E-state index contributed by atoms with van der Waals surface area (Å²) in [7, 11) is 0. The molecule has 0 bridgehead atoms. The molecule has 0 unspecified atom stereocenters. The standard InChI is InChI=1S/C98H58N6O4/c1-2-10-75-60(9-1)23-26-68-53-74(42-43-76(68)75)104(72-39-29-62(30-40-72)78-14-8-16-84-82-46-49-100-58-93(82)108-96(78)84)89-44-34-69(79-47-50-102-94-85-12-4-6-18-91(85)106-98(79)94)54-86(89)63-21-19-59(20-22-63)65-24-25-67-52-73(41-33-66(67)51-65)103(70-35-27-61(28-36-70)77-13-7-15-83-81-45-48-99-57-92(81)107-95(77)83)71-37-31-64(32-38-71)87-55-101-56-88-80-11-3-5-17-90(80)105-97(87)88/h1-58H. The van der Waals surface area contributed by atoms with Crippen molar-refractivity contribution in [1.29, 1.82) is 0 Å².